The Kier molecular flexibility index (Phi) is 3.95. The van der Waals surface area contributed by atoms with E-state index in [1.54, 1.807) is 0 Å². The monoisotopic (exact) mass is 310 g/mol. The number of halogens is 1. The van der Waals surface area contributed by atoms with Crippen molar-refractivity contribution >= 4 is 27.5 Å². The van der Waals surface area contributed by atoms with Crippen LogP contribution >= 0.6 is 15.9 Å². The number of rotatable bonds is 3. The van der Waals surface area contributed by atoms with Crippen molar-refractivity contribution in [1.29, 1.82) is 0 Å². The van der Waals surface area contributed by atoms with Crippen LogP contribution < -0.4 is 11.1 Å². The lowest BCUT2D eigenvalue weighted by molar-refractivity contribution is -0.124. The Morgan fingerprint density at radius 3 is 2.89 bits per heavy atom. The van der Waals surface area contributed by atoms with E-state index in [1.807, 2.05) is 24.3 Å². The van der Waals surface area contributed by atoms with E-state index in [0.29, 0.717) is 0 Å². The van der Waals surface area contributed by atoms with E-state index in [-0.39, 0.29) is 11.8 Å². The first-order valence-electron chi connectivity index (χ1n) is 6.38. The summed E-state index contributed by atoms with van der Waals surface area (Å²) in [5.74, 6) is 0.0254. The van der Waals surface area contributed by atoms with Crippen molar-refractivity contribution in [2.24, 2.45) is 11.7 Å². The molecule has 2 unspecified atom stereocenters. The molecular formula is C14H19BrN2O. The molecule has 4 heteroatoms. The molecule has 0 aromatic heterocycles. The molecule has 3 N–H and O–H groups in total. The number of hydrogen-bond donors (Lipinski definition) is 2. The summed E-state index contributed by atoms with van der Waals surface area (Å²) < 4.78 is 0.996. The largest absolute Gasteiger partial charge is 0.371 e. The first kappa shape index (κ1) is 13.4. The van der Waals surface area contributed by atoms with Crippen LogP contribution in [0.1, 0.15) is 32.6 Å². The molecule has 1 fully saturated rings. The van der Waals surface area contributed by atoms with Crippen molar-refractivity contribution in [3.63, 3.8) is 0 Å². The SMILES string of the molecule is CC1CCCCC1(Nc1cccc(Br)c1)C(N)=O. The highest BCUT2D eigenvalue weighted by molar-refractivity contribution is 9.10. The number of carbonyl (C=O) groups is 1. The van der Waals surface area contributed by atoms with Gasteiger partial charge in [0.2, 0.25) is 5.91 Å². The maximum atomic E-state index is 11.9. The van der Waals surface area contributed by atoms with Gasteiger partial charge in [-0.15, -0.1) is 0 Å². The Bertz CT molecular complexity index is 449. The van der Waals surface area contributed by atoms with Crippen molar-refractivity contribution in [2.75, 3.05) is 5.32 Å². The number of benzene rings is 1. The van der Waals surface area contributed by atoms with Gasteiger partial charge in [-0.05, 0) is 37.0 Å². The van der Waals surface area contributed by atoms with Crippen molar-refractivity contribution in [1.82, 2.24) is 0 Å². The number of amides is 1. The molecule has 0 radical (unpaired) electrons. The Morgan fingerprint density at radius 2 is 2.28 bits per heavy atom. The number of hydrogen-bond acceptors (Lipinski definition) is 2. The Labute approximate surface area is 116 Å². The molecule has 1 aromatic carbocycles. The van der Waals surface area contributed by atoms with E-state index >= 15 is 0 Å². The predicted molar refractivity (Wildman–Crippen MR) is 77.3 cm³/mol. The van der Waals surface area contributed by atoms with Gasteiger partial charge < -0.3 is 11.1 Å². The molecule has 98 valence electrons. The predicted octanol–water partition coefficient (Wildman–Crippen LogP) is 3.30. The summed E-state index contributed by atoms with van der Waals surface area (Å²) in [5, 5.41) is 3.38. The van der Waals surface area contributed by atoms with Gasteiger partial charge in [0.1, 0.15) is 5.54 Å². The normalized spacial score (nSPS) is 27.8. The number of primary amides is 1. The molecule has 1 amide bonds. The van der Waals surface area contributed by atoms with Crippen molar-refractivity contribution in [2.45, 2.75) is 38.1 Å². The smallest absolute Gasteiger partial charge is 0.243 e. The van der Waals surface area contributed by atoms with Crippen molar-refractivity contribution in [3.05, 3.63) is 28.7 Å². The summed E-state index contributed by atoms with van der Waals surface area (Å²) in [5.41, 5.74) is 6.01. The lowest BCUT2D eigenvalue weighted by Gasteiger charge is -2.41. The van der Waals surface area contributed by atoms with Gasteiger partial charge in [-0.3, -0.25) is 4.79 Å². The molecule has 1 aromatic rings. The van der Waals surface area contributed by atoms with Gasteiger partial charge in [0.05, 0.1) is 0 Å². The minimum atomic E-state index is -0.598. The van der Waals surface area contributed by atoms with Gasteiger partial charge in [-0.1, -0.05) is 41.8 Å². The maximum absolute atomic E-state index is 11.9. The quantitative estimate of drug-likeness (QED) is 0.900. The van der Waals surface area contributed by atoms with Crippen LogP contribution in [0.15, 0.2) is 28.7 Å². The number of nitrogens with two attached hydrogens (primary N) is 1. The zero-order chi connectivity index (χ0) is 13.2. The van der Waals surface area contributed by atoms with Crippen LogP contribution in [0.2, 0.25) is 0 Å². The van der Waals surface area contributed by atoms with Gasteiger partial charge >= 0.3 is 0 Å². The third kappa shape index (κ3) is 2.53. The fourth-order valence-corrected chi connectivity index (χ4v) is 3.18. The first-order valence-corrected chi connectivity index (χ1v) is 7.17. The fourth-order valence-electron chi connectivity index (χ4n) is 2.78. The van der Waals surface area contributed by atoms with Crippen LogP contribution in [0.5, 0.6) is 0 Å². The standard InChI is InChI=1S/C14H19BrN2O/c1-10-5-2-3-8-14(10,13(16)18)17-12-7-4-6-11(15)9-12/h4,6-7,9-10,17H,2-3,5,8H2,1H3,(H2,16,18). The van der Waals surface area contributed by atoms with E-state index in [0.717, 1.165) is 29.4 Å². The van der Waals surface area contributed by atoms with E-state index in [4.69, 9.17) is 5.73 Å². The zero-order valence-corrected chi connectivity index (χ0v) is 12.2. The molecule has 0 spiro atoms. The highest BCUT2D eigenvalue weighted by Gasteiger charge is 2.43. The van der Waals surface area contributed by atoms with Crippen LogP contribution in [0.25, 0.3) is 0 Å². The molecule has 0 aliphatic heterocycles. The molecule has 2 rings (SSSR count). The summed E-state index contributed by atoms with van der Waals surface area (Å²) in [4.78, 5) is 11.9. The first-order chi connectivity index (χ1) is 8.54. The third-order valence-electron chi connectivity index (χ3n) is 3.93. The molecule has 2 atom stereocenters. The van der Waals surface area contributed by atoms with Gasteiger partial charge in [-0.2, -0.15) is 0 Å². The summed E-state index contributed by atoms with van der Waals surface area (Å²) in [6, 6.07) is 7.86. The van der Waals surface area contributed by atoms with Crippen LogP contribution in [0.3, 0.4) is 0 Å². The molecule has 1 aliphatic rings. The summed E-state index contributed by atoms with van der Waals surface area (Å²) in [7, 11) is 0. The Morgan fingerprint density at radius 1 is 1.50 bits per heavy atom. The van der Waals surface area contributed by atoms with Crippen LogP contribution in [-0.2, 0) is 4.79 Å². The van der Waals surface area contributed by atoms with Crippen LogP contribution in [-0.4, -0.2) is 11.4 Å². The van der Waals surface area contributed by atoms with E-state index < -0.39 is 5.54 Å². The average molecular weight is 311 g/mol. The number of nitrogens with one attached hydrogen (secondary N) is 1. The maximum Gasteiger partial charge on any atom is 0.243 e. The summed E-state index contributed by atoms with van der Waals surface area (Å²) in [6.07, 6.45) is 4.09. The second-order valence-electron chi connectivity index (χ2n) is 5.12. The topological polar surface area (TPSA) is 55.1 Å². The van der Waals surface area contributed by atoms with Crippen LogP contribution in [0, 0.1) is 5.92 Å². The average Bonchev–Trinajstić information content (AvgIpc) is 2.32. The minimum absolute atomic E-state index is 0.241. The molecule has 1 saturated carbocycles. The summed E-state index contributed by atoms with van der Waals surface area (Å²) >= 11 is 3.44. The van der Waals surface area contributed by atoms with E-state index in [9.17, 15) is 4.79 Å². The molecule has 0 bridgehead atoms. The van der Waals surface area contributed by atoms with Gasteiger partial charge in [0.25, 0.3) is 0 Å². The highest BCUT2D eigenvalue weighted by Crippen LogP contribution is 2.36. The number of carbonyl (C=O) groups excluding carboxylic acids is 1. The van der Waals surface area contributed by atoms with Gasteiger partial charge in [0.15, 0.2) is 0 Å². The molecule has 3 nitrogen and oxygen atoms in total. The molecule has 0 heterocycles. The second-order valence-corrected chi connectivity index (χ2v) is 6.03. The van der Waals surface area contributed by atoms with E-state index in [1.165, 1.54) is 6.42 Å². The Hall–Kier alpha value is -1.03. The van der Waals surface area contributed by atoms with Crippen molar-refractivity contribution < 1.29 is 4.79 Å². The third-order valence-corrected chi connectivity index (χ3v) is 4.42. The lowest BCUT2D eigenvalue weighted by Crippen LogP contribution is -2.56. The molecular weight excluding hydrogens is 292 g/mol. The minimum Gasteiger partial charge on any atom is -0.371 e. The molecule has 18 heavy (non-hydrogen) atoms. The lowest BCUT2D eigenvalue weighted by atomic mass is 9.73. The van der Waals surface area contributed by atoms with E-state index in [2.05, 4.69) is 28.2 Å². The zero-order valence-electron chi connectivity index (χ0n) is 10.6. The summed E-state index contributed by atoms with van der Waals surface area (Å²) in [6.45, 7) is 2.11. The van der Waals surface area contributed by atoms with Gasteiger partial charge in [-0.25, -0.2) is 0 Å². The number of anilines is 1. The highest BCUT2D eigenvalue weighted by atomic mass is 79.9. The molecule has 0 saturated heterocycles. The Balaban J connectivity index is 2.28. The molecule has 1 aliphatic carbocycles. The van der Waals surface area contributed by atoms with Gasteiger partial charge in [0, 0.05) is 10.2 Å². The fraction of sp³-hybridized carbons (Fsp3) is 0.500. The van der Waals surface area contributed by atoms with Crippen molar-refractivity contribution in [3.8, 4) is 0 Å². The van der Waals surface area contributed by atoms with Crippen LogP contribution in [0.4, 0.5) is 5.69 Å². The second kappa shape index (κ2) is 5.31.